The van der Waals surface area contributed by atoms with E-state index in [1.54, 1.807) is 0 Å². The van der Waals surface area contributed by atoms with E-state index in [0.29, 0.717) is 18.3 Å². The van der Waals surface area contributed by atoms with Gasteiger partial charge in [-0.15, -0.1) is 0 Å². The normalized spacial score (nSPS) is 19.9. The highest BCUT2D eigenvalue weighted by Crippen LogP contribution is 2.33. The summed E-state index contributed by atoms with van der Waals surface area (Å²) in [6.07, 6.45) is 7.15. The lowest BCUT2D eigenvalue weighted by atomic mass is 9.84. The van der Waals surface area contributed by atoms with Crippen LogP contribution in [0.15, 0.2) is 0 Å². The molecule has 0 aromatic carbocycles. The third-order valence-electron chi connectivity index (χ3n) is 4.33. The second-order valence-electron chi connectivity index (χ2n) is 7.11. The van der Waals surface area contributed by atoms with Crippen molar-refractivity contribution in [3.8, 4) is 0 Å². The molecule has 134 valence electrons. The van der Waals surface area contributed by atoms with Crippen molar-refractivity contribution in [1.82, 2.24) is 0 Å². The van der Waals surface area contributed by atoms with Gasteiger partial charge in [0.25, 0.3) is 0 Å². The van der Waals surface area contributed by atoms with Crippen molar-refractivity contribution in [1.29, 1.82) is 0 Å². The second kappa shape index (κ2) is 10.3. The fourth-order valence-electron chi connectivity index (χ4n) is 3.38. The van der Waals surface area contributed by atoms with Gasteiger partial charge >= 0.3 is 11.9 Å². The molecule has 0 aliphatic heterocycles. The van der Waals surface area contributed by atoms with Crippen LogP contribution in [0.1, 0.15) is 72.6 Å². The summed E-state index contributed by atoms with van der Waals surface area (Å²) in [5, 5.41) is 0. The largest absolute Gasteiger partial charge is 0.459 e. The van der Waals surface area contributed by atoms with Crippen LogP contribution in [0, 0.1) is 11.8 Å². The summed E-state index contributed by atoms with van der Waals surface area (Å²) in [6, 6.07) is 0. The molecule has 0 saturated heterocycles. The molecule has 4 nitrogen and oxygen atoms in total. The van der Waals surface area contributed by atoms with E-state index in [9.17, 15) is 9.59 Å². The maximum atomic E-state index is 11.5. The third kappa shape index (κ3) is 8.18. The number of esters is 2. The molecular weight excluding hydrogens is 360 g/mol. The third-order valence-corrected chi connectivity index (χ3v) is 5.22. The van der Waals surface area contributed by atoms with Crippen LogP contribution < -0.4 is 0 Å². The van der Waals surface area contributed by atoms with Gasteiger partial charge in [0.2, 0.25) is 0 Å². The Morgan fingerprint density at radius 3 is 2.09 bits per heavy atom. The Morgan fingerprint density at radius 2 is 1.61 bits per heavy atom. The van der Waals surface area contributed by atoms with E-state index in [2.05, 4.69) is 29.8 Å². The predicted octanol–water partition coefficient (Wildman–Crippen LogP) is 4.63. The molecule has 5 heteroatoms. The van der Waals surface area contributed by atoms with E-state index in [1.807, 2.05) is 0 Å². The van der Waals surface area contributed by atoms with Gasteiger partial charge in [0.15, 0.2) is 6.10 Å². The van der Waals surface area contributed by atoms with E-state index < -0.39 is 12.2 Å². The van der Waals surface area contributed by atoms with Crippen molar-refractivity contribution < 1.29 is 19.1 Å². The summed E-state index contributed by atoms with van der Waals surface area (Å²) in [6.45, 7) is 6.97. The average molecular weight is 391 g/mol. The zero-order valence-corrected chi connectivity index (χ0v) is 16.4. The van der Waals surface area contributed by atoms with Crippen molar-refractivity contribution >= 4 is 27.9 Å². The van der Waals surface area contributed by atoms with Gasteiger partial charge in [-0.3, -0.25) is 9.59 Å². The summed E-state index contributed by atoms with van der Waals surface area (Å²) >= 11 is 3.72. The van der Waals surface area contributed by atoms with Crippen LogP contribution in [-0.4, -0.2) is 29.0 Å². The Labute approximate surface area is 148 Å². The van der Waals surface area contributed by atoms with Crippen molar-refractivity contribution in [3.63, 3.8) is 0 Å². The van der Waals surface area contributed by atoms with E-state index in [0.717, 1.165) is 6.42 Å². The van der Waals surface area contributed by atoms with Crippen molar-refractivity contribution in [2.75, 3.05) is 0 Å². The standard InChI is InChI=1S/C18H31BrO4/c1-12(2)10-17(22-13(3)20)18(23-14(4)21)16(19)11-15-8-6-5-7-9-15/h12,15-18H,5-11H2,1-4H3/t16-,17-,18-/m1/s1. The van der Waals surface area contributed by atoms with Gasteiger partial charge in [-0.2, -0.15) is 0 Å². The first-order valence-corrected chi connectivity index (χ1v) is 9.69. The van der Waals surface area contributed by atoms with Gasteiger partial charge in [0.1, 0.15) is 6.10 Å². The quantitative estimate of drug-likeness (QED) is 0.447. The first-order chi connectivity index (χ1) is 10.8. The van der Waals surface area contributed by atoms with Crippen molar-refractivity contribution in [3.05, 3.63) is 0 Å². The topological polar surface area (TPSA) is 52.6 Å². The maximum Gasteiger partial charge on any atom is 0.303 e. The van der Waals surface area contributed by atoms with Gasteiger partial charge in [-0.25, -0.2) is 0 Å². The number of alkyl halides is 1. The molecular formula is C18H31BrO4. The molecule has 0 spiro atoms. The van der Waals surface area contributed by atoms with Gasteiger partial charge in [0.05, 0.1) is 4.83 Å². The molecule has 0 radical (unpaired) electrons. The second-order valence-corrected chi connectivity index (χ2v) is 8.28. The van der Waals surface area contributed by atoms with Crippen molar-refractivity contribution in [2.45, 2.75) is 89.7 Å². The zero-order valence-electron chi connectivity index (χ0n) is 14.8. The molecule has 3 atom stereocenters. The zero-order chi connectivity index (χ0) is 17.4. The molecule has 1 rings (SSSR count). The Balaban J connectivity index is 2.79. The number of rotatable bonds is 8. The van der Waals surface area contributed by atoms with Crippen LogP contribution >= 0.6 is 15.9 Å². The van der Waals surface area contributed by atoms with Crippen molar-refractivity contribution in [2.24, 2.45) is 11.8 Å². The highest BCUT2D eigenvalue weighted by atomic mass is 79.9. The number of carbonyl (C=O) groups is 2. The van der Waals surface area contributed by atoms with Gasteiger partial charge < -0.3 is 9.47 Å². The van der Waals surface area contributed by atoms with Gasteiger partial charge in [-0.05, 0) is 24.7 Å². The summed E-state index contributed by atoms with van der Waals surface area (Å²) in [7, 11) is 0. The van der Waals surface area contributed by atoms with Gasteiger partial charge in [-0.1, -0.05) is 61.9 Å². The fourth-order valence-corrected chi connectivity index (χ4v) is 4.35. The van der Waals surface area contributed by atoms with Gasteiger partial charge in [0, 0.05) is 13.8 Å². The Morgan fingerprint density at radius 1 is 1.04 bits per heavy atom. The Kier molecular flexibility index (Phi) is 9.18. The highest BCUT2D eigenvalue weighted by molar-refractivity contribution is 9.09. The first kappa shape index (κ1) is 20.5. The fraction of sp³-hybridized carbons (Fsp3) is 0.889. The first-order valence-electron chi connectivity index (χ1n) is 8.78. The minimum absolute atomic E-state index is 0.0117. The number of hydrogen-bond donors (Lipinski definition) is 0. The molecule has 1 fully saturated rings. The molecule has 0 heterocycles. The molecule has 1 aliphatic carbocycles. The van der Waals surface area contributed by atoms with Crippen LogP contribution in [0.3, 0.4) is 0 Å². The highest BCUT2D eigenvalue weighted by Gasteiger charge is 2.35. The van der Waals surface area contributed by atoms with E-state index in [4.69, 9.17) is 9.47 Å². The number of carbonyl (C=O) groups excluding carboxylic acids is 2. The van der Waals surface area contributed by atoms with Crippen LogP contribution in [0.2, 0.25) is 0 Å². The predicted molar refractivity (Wildman–Crippen MR) is 94.5 cm³/mol. The lowest BCUT2D eigenvalue weighted by Crippen LogP contribution is -2.42. The molecule has 0 unspecified atom stereocenters. The van der Waals surface area contributed by atoms with Crippen LogP contribution in [0.25, 0.3) is 0 Å². The summed E-state index contributed by atoms with van der Waals surface area (Å²) in [5.74, 6) is 0.351. The minimum Gasteiger partial charge on any atom is -0.459 e. The number of ether oxygens (including phenoxy) is 2. The smallest absolute Gasteiger partial charge is 0.303 e. The molecule has 0 amide bonds. The van der Waals surface area contributed by atoms with E-state index in [-0.39, 0.29) is 16.8 Å². The SMILES string of the molecule is CC(=O)O[C@H]([C@H](Br)CC1CCCCC1)[C@@H](CC(C)C)OC(C)=O. The molecule has 0 N–H and O–H groups in total. The summed E-state index contributed by atoms with van der Waals surface area (Å²) in [4.78, 5) is 23.0. The monoisotopic (exact) mass is 390 g/mol. The van der Waals surface area contributed by atoms with E-state index >= 15 is 0 Å². The summed E-state index contributed by atoms with van der Waals surface area (Å²) in [5.41, 5.74) is 0. The lowest BCUT2D eigenvalue weighted by molar-refractivity contribution is -0.166. The maximum absolute atomic E-state index is 11.5. The molecule has 0 aromatic rings. The molecule has 0 bridgehead atoms. The molecule has 23 heavy (non-hydrogen) atoms. The minimum atomic E-state index is -0.430. The average Bonchev–Trinajstić information content (AvgIpc) is 2.43. The number of hydrogen-bond acceptors (Lipinski definition) is 4. The molecule has 1 aliphatic rings. The lowest BCUT2D eigenvalue weighted by Gasteiger charge is -2.33. The number of halogens is 1. The van der Waals surface area contributed by atoms with Crippen LogP contribution in [0.5, 0.6) is 0 Å². The molecule has 0 aromatic heterocycles. The van der Waals surface area contributed by atoms with Crippen LogP contribution in [-0.2, 0) is 19.1 Å². The Hall–Kier alpha value is -0.580. The Bertz CT molecular complexity index is 377. The van der Waals surface area contributed by atoms with E-state index in [1.165, 1.54) is 46.0 Å². The summed E-state index contributed by atoms with van der Waals surface area (Å²) < 4.78 is 11.0. The van der Waals surface area contributed by atoms with Crippen LogP contribution in [0.4, 0.5) is 0 Å². The molecule has 1 saturated carbocycles.